The molecule has 2 aromatic carbocycles. The maximum absolute atomic E-state index is 12.2. The third kappa shape index (κ3) is 2.33. The van der Waals surface area contributed by atoms with E-state index in [-0.39, 0.29) is 5.91 Å². The average Bonchev–Trinajstić information content (AvgIpc) is 2.95. The molecule has 0 radical (unpaired) electrons. The van der Waals surface area contributed by atoms with Crippen molar-refractivity contribution in [3.8, 4) is 5.75 Å². The molecule has 1 amide bonds. The number of aromatic nitrogens is 2. The molecule has 3 rings (SSSR count). The monoisotopic (exact) mass is 267 g/mol. The number of anilines is 1. The number of ether oxygens (including phenoxy) is 1. The van der Waals surface area contributed by atoms with E-state index in [1.54, 1.807) is 49.7 Å². The maximum Gasteiger partial charge on any atom is 0.255 e. The molecule has 0 unspecified atom stereocenters. The second-order valence-corrected chi connectivity index (χ2v) is 4.35. The van der Waals surface area contributed by atoms with E-state index in [0.29, 0.717) is 5.56 Å². The van der Waals surface area contributed by atoms with E-state index in [0.717, 1.165) is 22.3 Å². The number of methoxy groups -OCH3 is 1. The second kappa shape index (κ2) is 5.05. The van der Waals surface area contributed by atoms with Gasteiger partial charge in [-0.15, -0.1) is 0 Å². The van der Waals surface area contributed by atoms with Crippen LogP contribution in [0.3, 0.4) is 0 Å². The highest BCUT2D eigenvalue weighted by Crippen LogP contribution is 2.17. The minimum Gasteiger partial charge on any atom is -0.497 e. The number of carbonyl (C=O) groups is 1. The summed E-state index contributed by atoms with van der Waals surface area (Å²) in [6, 6.07) is 12.6. The molecule has 0 aliphatic carbocycles. The van der Waals surface area contributed by atoms with Crippen LogP contribution in [-0.2, 0) is 0 Å². The molecule has 5 nitrogen and oxygen atoms in total. The van der Waals surface area contributed by atoms with Gasteiger partial charge in [0.15, 0.2) is 0 Å². The van der Waals surface area contributed by atoms with Gasteiger partial charge in [0.25, 0.3) is 5.91 Å². The van der Waals surface area contributed by atoms with Crippen molar-refractivity contribution in [3.63, 3.8) is 0 Å². The molecule has 0 saturated heterocycles. The Labute approximate surface area is 115 Å². The number of aromatic amines is 1. The first-order chi connectivity index (χ1) is 9.76. The molecule has 0 fully saturated rings. The number of hydrogen-bond donors (Lipinski definition) is 2. The van der Waals surface area contributed by atoms with Crippen LogP contribution < -0.4 is 10.1 Å². The van der Waals surface area contributed by atoms with Crippen LogP contribution >= 0.6 is 0 Å². The molecule has 20 heavy (non-hydrogen) atoms. The van der Waals surface area contributed by atoms with Crippen LogP contribution in [0.2, 0.25) is 0 Å². The van der Waals surface area contributed by atoms with Crippen LogP contribution in [0.15, 0.2) is 48.7 Å². The molecule has 3 aromatic rings. The third-order valence-electron chi connectivity index (χ3n) is 3.05. The Morgan fingerprint density at radius 1 is 1.20 bits per heavy atom. The summed E-state index contributed by atoms with van der Waals surface area (Å²) in [4.78, 5) is 12.2. The number of carbonyl (C=O) groups excluding carboxylic acids is 1. The summed E-state index contributed by atoms with van der Waals surface area (Å²) in [6.45, 7) is 0. The average molecular weight is 267 g/mol. The first kappa shape index (κ1) is 12.2. The molecule has 0 spiro atoms. The maximum atomic E-state index is 12.2. The molecular formula is C15H13N3O2. The van der Waals surface area contributed by atoms with Crippen molar-refractivity contribution in [2.24, 2.45) is 0 Å². The van der Waals surface area contributed by atoms with Crippen LogP contribution in [-0.4, -0.2) is 23.2 Å². The molecule has 5 heteroatoms. The molecule has 0 bridgehead atoms. The summed E-state index contributed by atoms with van der Waals surface area (Å²) in [6.07, 6.45) is 1.72. The van der Waals surface area contributed by atoms with Gasteiger partial charge in [0.1, 0.15) is 5.75 Å². The van der Waals surface area contributed by atoms with Crippen LogP contribution in [0.4, 0.5) is 5.69 Å². The van der Waals surface area contributed by atoms with Gasteiger partial charge in [0.05, 0.1) is 18.8 Å². The Morgan fingerprint density at radius 3 is 2.75 bits per heavy atom. The minimum atomic E-state index is -0.160. The second-order valence-electron chi connectivity index (χ2n) is 4.35. The topological polar surface area (TPSA) is 67.0 Å². The van der Waals surface area contributed by atoms with E-state index in [9.17, 15) is 4.79 Å². The largest absolute Gasteiger partial charge is 0.497 e. The van der Waals surface area contributed by atoms with Crippen LogP contribution in [0.1, 0.15) is 10.4 Å². The van der Waals surface area contributed by atoms with Crippen LogP contribution in [0, 0.1) is 0 Å². The molecular weight excluding hydrogens is 254 g/mol. The molecule has 2 N–H and O–H groups in total. The smallest absolute Gasteiger partial charge is 0.255 e. The van der Waals surface area contributed by atoms with E-state index in [2.05, 4.69) is 15.5 Å². The van der Waals surface area contributed by atoms with Crippen molar-refractivity contribution >= 4 is 22.5 Å². The fourth-order valence-corrected chi connectivity index (χ4v) is 1.96. The Morgan fingerprint density at radius 2 is 2.00 bits per heavy atom. The van der Waals surface area contributed by atoms with Gasteiger partial charge in [-0.25, -0.2) is 0 Å². The Balaban J connectivity index is 1.80. The molecule has 0 aliphatic rings. The van der Waals surface area contributed by atoms with E-state index >= 15 is 0 Å². The van der Waals surface area contributed by atoms with Crippen molar-refractivity contribution < 1.29 is 9.53 Å². The van der Waals surface area contributed by atoms with Gasteiger partial charge >= 0.3 is 0 Å². The summed E-state index contributed by atoms with van der Waals surface area (Å²) >= 11 is 0. The lowest BCUT2D eigenvalue weighted by atomic mass is 10.1. The first-order valence-corrected chi connectivity index (χ1v) is 6.15. The van der Waals surface area contributed by atoms with E-state index in [1.807, 2.05) is 6.07 Å². The predicted molar refractivity (Wildman–Crippen MR) is 77.0 cm³/mol. The van der Waals surface area contributed by atoms with Crippen molar-refractivity contribution in [3.05, 3.63) is 54.2 Å². The highest BCUT2D eigenvalue weighted by Gasteiger charge is 2.07. The van der Waals surface area contributed by atoms with Gasteiger partial charge in [-0.3, -0.25) is 9.89 Å². The Hall–Kier alpha value is -2.82. The highest BCUT2D eigenvalue weighted by molar-refractivity contribution is 6.06. The normalized spacial score (nSPS) is 10.4. The number of rotatable bonds is 3. The highest BCUT2D eigenvalue weighted by atomic mass is 16.5. The SMILES string of the molecule is COc1ccc(NC(=O)c2ccc3cn[nH]c3c2)cc1. The summed E-state index contributed by atoms with van der Waals surface area (Å²) in [5, 5.41) is 10.6. The Bertz CT molecular complexity index is 747. The van der Waals surface area contributed by atoms with Gasteiger partial charge in [0.2, 0.25) is 0 Å². The molecule has 100 valence electrons. The first-order valence-electron chi connectivity index (χ1n) is 6.15. The molecule has 0 atom stereocenters. The van der Waals surface area contributed by atoms with Gasteiger partial charge in [0, 0.05) is 16.6 Å². The number of nitrogens with one attached hydrogen (secondary N) is 2. The third-order valence-corrected chi connectivity index (χ3v) is 3.05. The minimum absolute atomic E-state index is 0.160. The quantitative estimate of drug-likeness (QED) is 0.766. The lowest BCUT2D eigenvalue weighted by Gasteiger charge is -2.06. The van der Waals surface area contributed by atoms with Crippen LogP contribution in [0.5, 0.6) is 5.75 Å². The molecule has 1 aromatic heterocycles. The van der Waals surface area contributed by atoms with Gasteiger partial charge < -0.3 is 10.1 Å². The summed E-state index contributed by atoms with van der Waals surface area (Å²) < 4.78 is 5.07. The predicted octanol–water partition coefficient (Wildman–Crippen LogP) is 2.82. The number of fused-ring (bicyclic) bond motifs is 1. The number of H-pyrrole nitrogens is 1. The fraction of sp³-hybridized carbons (Fsp3) is 0.0667. The fourth-order valence-electron chi connectivity index (χ4n) is 1.96. The zero-order chi connectivity index (χ0) is 13.9. The molecule has 0 aliphatic heterocycles. The van der Waals surface area contributed by atoms with Crippen LogP contribution in [0.25, 0.3) is 10.9 Å². The van der Waals surface area contributed by atoms with Crippen molar-refractivity contribution in [2.45, 2.75) is 0 Å². The standard InChI is InChI=1S/C15H13N3O2/c1-20-13-6-4-12(5-7-13)17-15(19)10-2-3-11-9-16-18-14(11)8-10/h2-9H,1H3,(H,16,18)(H,17,19). The zero-order valence-electron chi connectivity index (χ0n) is 10.9. The number of hydrogen-bond acceptors (Lipinski definition) is 3. The summed E-state index contributed by atoms with van der Waals surface area (Å²) in [5.41, 5.74) is 2.14. The van der Waals surface area contributed by atoms with E-state index in [4.69, 9.17) is 4.74 Å². The lowest BCUT2D eigenvalue weighted by Crippen LogP contribution is -2.11. The van der Waals surface area contributed by atoms with E-state index < -0.39 is 0 Å². The van der Waals surface area contributed by atoms with Crippen molar-refractivity contribution in [1.82, 2.24) is 10.2 Å². The summed E-state index contributed by atoms with van der Waals surface area (Å²) in [5.74, 6) is 0.591. The number of nitrogens with zero attached hydrogens (tertiary/aromatic N) is 1. The molecule has 1 heterocycles. The van der Waals surface area contributed by atoms with Gasteiger partial charge in [-0.05, 0) is 36.4 Å². The summed E-state index contributed by atoms with van der Waals surface area (Å²) in [7, 11) is 1.60. The number of amides is 1. The lowest BCUT2D eigenvalue weighted by molar-refractivity contribution is 0.102. The van der Waals surface area contributed by atoms with Crippen molar-refractivity contribution in [2.75, 3.05) is 12.4 Å². The zero-order valence-corrected chi connectivity index (χ0v) is 10.9. The van der Waals surface area contributed by atoms with E-state index in [1.165, 1.54) is 0 Å². The molecule has 0 saturated carbocycles. The van der Waals surface area contributed by atoms with Crippen molar-refractivity contribution in [1.29, 1.82) is 0 Å². The van der Waals surface area contributed by atoms with Gasteiger partial charge in [-0.1, -0.05) is 6.07 Å². The number of benzene rings is 2. The van der Waals surface area contributed by atoms with Gasteiger partial charge in [-0.2, -0.15) is 5.10 Å². The Kier molecular flexibility index (Phi) is 3.09.